The number of hydroxylamine groups is 1. The second kappa shape index (κ2) is 9.14. The molecule has 2 atom stereocenters. The Morgan fingerprint density at radius 1 is 1.00 bits per heavy atom. The first kappa shape index (κ1) is 20.4. The SMILES string of the molecule is C=C[C@H](OC(=O)c1ccccc1)[C@@H](C(=O)NOC(C)(C)C)c1ccccc1. The van der Waals surface area contributed by atoms with Crippen LogP contribution >= 0.6 is 0 Å². The quantitative estimate of drug-likeness (QED) is 0.456. The maximum Gasteiger partial charge on any atom is 0.338 e. The van der Waals surface area contributed by atoms with Gasteiger partial charge in [-0.05, 0) is 38.5 Å². The maximum absolute atomic E-state index is 12.8. The molecular formula is C22H25NO4. The predicted octanol–water partition coefficient (Wildman–Crippen LogP) is 4.03. The third-order valence-corrected chi connectivity index (χ3v) is 3.71. The predicted molar refractivity (Wildman–Crippen MR) is 104 cm³/mol. The number of rotatable bonds is 7. The summed E-state index contributed by atoms with van der Waals surface area (Å²) in [6, 6.07) is 17.7. The lowest BCUT2D eigenvalue weighted by Crippen LogP contribution is -2.40. The fourth-order valence-corrected chi connectivity index (χ4v) is 2.44. The average molecular weight is 367 g/mol. The molecule has 0 aliphatic carbocycles. The smallest absolute Gasteiger partial charge is 0.338 e. The summed E-state index contributed by atoms with van der Waals surface area (Å²) < 4.78 is 5.58. The molecule has 0 unspecified atom stereocenters. The zero-order valence-corrected chi connectivity index (χ0v) is 15.8. The molecule has 0 spiro atoms. The topological polar surface area (TPSA) is 64.6 Å². The minimum absolute atomic E-state index is 0.405. The van der Waals surface area contributed by atoms with Crippen molar-refractivity contribution in [3.8, 4) is 0 Å². The van der Waals surface area contributed by atoms with Gasteiger partial charge >= 0.3 is 5.97 Å². The molecule has 0 aromatic heterocycles. The van der Waals surface area contributed by atoms with Crippen LogP contribution in [0.4, 0.5) is 0 Å². The molecule has 2 rings (SSSR count). The molecule has 0 radical (unpaired) electrons. The minimum atomic E-state index is -0.858. The molecule has 1 amide bonds. The summed E-state index contributed by atoms with van der Waals surface area (Å²) in [5.41, 5.74) is 3.01. The van der Waals surface area contributed by atoms with Gasteiger partial charge in [-0.15, -0.1) is 0 Å². The van der Waals surface area contributed by atoms with Crippen molar-refractivity contribution < 1.29 is 19.2 Å². The number of benzene rings is 2. The number of amides is 1. The second-order valence-corrected chi connectivity index (χ2v) is 7.04. The van der Waals surface area contributed by atoms with Gasteiger partial charge in [-0.3, -0.25) is 9.63 Å². The third kappa shape index (κ3) is 6.08. The first-order valence-corrected chi connectivity index (χ1v) is 8.73. The molecular weight excluding hydrogens is 342 g/mol. The van der Waals surface area contributed by atoms with Crippen LogP contribution in [0.3, 0.4) is 0 Å². The molecule has 1 N–H and O–H groups in total. The summed E-state index contributed by atoms with van der Waals surface area (Å²) in [5, 5.41) is 0. The van der Waals surface area contributed by atoms with Crippen molar-refractivity contribution in [1.29, 1.82) is 0 Å². The Labute approximate surface area is 160 Å². The Hall–Kier alpha value is -2.92. The van der Waals surface area contributed by atoms with Gasteiger partial charge in [0.2, 0.25) is 0 Å². The van der Waals surface area contributed by atoms with Crippen LogP contribution in [0, 0.1) is 0 Å². The van der Waals surface area contributed by atoms with Crippen molar-refractivity contribution in [3.05, 3.63) is 84.4 Å². The summed E-state index contributed by atoms with van der Waals surface area (Å²) in [5.74, 6) is -1.73. The summed E-state index contributed by atoms with van der Waals surface area (Å²) in [4.78, 5) is 30.7. The standard InChI is InChI=1S/C22H25NO4/c1-5-18(26-21(25)17-14-10-7-11-15-17)19(16-12-8-6-9-13-16)20(24)23-27-22(2,3)4/h5-15,18-19H,1H2,2-4H3,(H,23,24)/t18-,19-/m0/s1. The molecule has 0 saturated heterocycles. The normalized spacial score (nSPS) is 13.3. The van der Waals surface area contributed by atoms with E-state index >= 15 is 0 Å². The molecule has 0 saturated carbocycles. The highest BCUT2D eigenvalue weighted by Crippen LogP contribution is 2.25. The average Bonchev–Trinajstić information content (AvgIpc) is 2.66. The molecule has 0 heterocycles. The van der Waals surface area contributed by atoms with Crippen LogP contribution in [-0.2, 0) is 14.4 Å². The molecule has 0 aliphatic heterocycles. The molecule has 5 heteroatoms. The maximum atomic E-state index is 12.8. The van der Waals surface area contributed by atoms with Crippen molar-refractivity contribution >= 4 is 11.9 Å². The number of carbonyl (C=O) groups excluding carboxylic acids is 2. The van der Waals surface area contributed by atoms with Crippen LogP contribution in [-0.4, -0.2) is 23.6 Å². The van der Waals surface area contributed by atoms with Gasteiger partial charge in [0.05, 0.1) is 11.2 Å². The van der Waals surface area contributed by atoms with E-state index in [1.807, 2.05) is 45.0 Å². The number of hydrogen-bond donors (Lipinski definition) is 1. The van der Waals surface area contributed by atoms with Gasteiger partial charge in [-0.2, -0.15) is 0 Å². The van der Waals surface area contributed by atoms with Crippen LogP contribution in [0.5, 0.6) is 0 Å². The summed E-state index contributed by atoms with van der Waals surface area (Å²) in [6.07, 6.45) is 0.596. The first-order valence-electron chi connectivity index (χ1n) is 8.73. The van der Waals surface area contributed by atoms with Gasteiger partial charge in [-0.25, -0.2) is 10.3 Å². The number of esters is 1. The van der Waals surface area contributed by atoms with Gasteiger partial charge in [0, 0.05) is 0 Å². The largest absolute Gasteiger partial charge is 0.453 e. The summed E-state index contributed by atoms with van der Waals surface area (Å²) in [7, 11) is 0. The van der Waals surface area contributed by atoms with Crippen molar-refractivity contribution in [2.24, 2.45) is 0 Å². The Kier molecular flexibility index (Phi) is 6.91. The lowest BCUT2D eigenvalue weighted by atomic mass is 9.92. The van der Waals surface area contributed by atoms with E-state index < -0.39 is 29.5 Å². The van der Waals surface area contributed by atoms with Crippen molar-refractivity contribution in [1.82, 2.24) is 5.48 Å². The minimum Gasteiger partial charge on any atom is -0.453 e. The van der Waals surface area contributed by atoms with Crippen LogP contribution in [0.25, 0.3) is 0 Å². The fourth-order valence-electron chi connectivity index (χ4n) is 2.44. The second-order valence-electron chi connectivity index (χ2n) is 7.04. The van der Waals surface area contributed by atoms with Gasteiger partial charge in [-0.1, -0.05) is 61.2 Å². The number of carbonyl (C=O) groups is 2. The molecule has 0 bridgehead atoms. The number of ether oxygens (including phenoxy) is 1. The fraction of sp³-hybridized carbons (Fsp3) is 0.273. The van der Waals surface area contributed by atoms with Crippen molar-refractivity contribution in [2.75, 3.05) is 0 Å². The first-order chi connectivity index (χ1) is 12.8. The number of nitrogens with one attached hydrogen (secondary N) is 1. The molecule has 2 aromatic carbocycles. The molecule has 142 valence electrons. The highest BCUT2D eigenvalue weighted by atomic mass is 16.7. The van der Waals surface area contributed by atoms with Crippen LogP contribution in [0.2, 0.25) is 0 Å². The Morgan fingerprint density at radius 3 is 2.07 bits per heavy atom. The zero-order valence-electron chi connectivity index (χ0n) is 15.8. The van der Waals surface area contributed by atoms with Gasteiger partial charge in [0.25, 0.3) is 5.91 Å². The third-order valence-electron chi connectivity index (χ3n) is 3.71. The van der Waals surface area contributed by atoms with Gasteiger partial charge in [0.1, 0.15) is 12.0 Å². The van der Waals surface area contributed by atoms with E-state index in [0.29, 0.717) is 11.1 Å². The highest BCUT2D eigenvalue weighted by Gasteiger charge is 2.32. The van der Waals surface area contributed by atoms with E-state index in [1.54, 1.807) is 36.4 Å². The molecule has 0 aliphatic rings. The monoisotopic (exact) mass is 367 g/mol. The number of hydrogen-bond acceptors (Lipinski definition) is 4. The Bertz CT molecular complexity index is 766. The Balaban J connectivity index is 2.25. The van der Waals surface area contributed by atoms with E-state index in [4.69, 9.17) is 9.57 Å². The van der Waals surface area contributed by atoms with Gasteiger partial charge in [0.15, 0.2) is 0 Å². The lowest BCUT2D eigenvalue weighted by molar-refractivity contribution is -0.149. The molecule has 0 fully saturated rings. The van der Waals surface area contributed by atoms with Crippen molar-refractivity contribution in [2.45, 2.75) is 38.4 Å². The summed E-state index contributed by atoms with van der Waals surface area (Å²) >= 11 is 0. The molecule has 5 nitrogen and oxygen atoms in total. The van der Waals surface area contributed by atoms with Crippen molar-refractivity contribution in [3.63, 3.8) is 0 Å². The summed E-state index contributed by atoms with van der Waals surface area (Å²) in [6.45, 7) is 9.22. The van der Waals surface area contributed by atoms with E-state index in [2.05, 4.69) is 12.1 Å². The van der Waals surface area contributed by atoms with E-state index in [-0.39, 0.29) is 0 Å². The zero-order chi connectivity index (χ0) is 19.9. The van der Waals surface area contributed by atoms with E-state index in [1.165, 1.54) is 6.08 Å². The van der Waals surface area contributed by atoms with E-state index in [9.17, 15) is 9.59 Å². The van der Waals surface area contributed by atoms with Crippen LogP contribution in [0.1, 0.15) is 42.6 Å². The highest BCUT2D eigenvalue weighted by molar-refractivity contribution is 5.90. The van der Waals surface area contributed by atoms with Crippen LogP contribution in [0.15, 0.2) is 73.3 Å². The van der Waals surface area contributed by atoms with E-state index in [0.717, 1.165) is 0 Å². The lowest BCUT2D eigenvalue weighted by Gasteiger charge is -2.26. The van der Waals surface area contributed by atoms with Crippen LogP contribution < -0.4 is 5.48 Å². The van der Waals surface area contributed by atoms with Gasteiger partial charge < -0.3 is 4.74 Å². The Morgan fingerprint density at radius 2 is 1.56 bits per heavy atom. The molecule has 2 aromatic rings. The molecule has 27 heavy (non-hydrogen) atoms.